The molecule has 0 aliphatic heterocycles. The lowest BCUT2D eigenvalue weighted by Crippen LogP contribution is -2.39. The molecule has 2 amide bonds. The number of ether oxygens (including phenoxy) is 1. The van der Waals surface area contributed by atoms with Crippen LogP contribution in [0.4, 0.5) is 10.5 Å². The molecule has 1 aromatic carbocycles. The van der Waals surface area contributed by atoms with Crippen molar-refractivity contribution in [2.45, 2.75) is 6.92 Å². The summed E-state index contributed by atoms with van der Waals surface area (Å²) in [6, 6.07) is 5.12. The topological polar surface area (TPSA) is 61.8 Å². The predicted octanol–water partition coefficient (Wildman–Crippen LogP) is 2.12. The highest BCUT2D eigenvalue weighted by Crippen LogP contribution is 2.25. The molecule has 0 aliphatic carbocycles. The van der Waals surface area contributed by atoms with Crippen molar-refractivity contribution in [1.82, 2.24) is 4.90 Å². The Labute approximate surface area is 118 Å². The summed E-state index contributed by atoms with van der Waals surface area (Å²) in [5, 5.41) is 12.2. The van der Waals surface area contributed by atoms with E-state index in [1.807, 2.05) is 19.1 Å². The third-order valence-corrected chi connectivity index (χ3v) is 3.16. The number of aliphatic hydroxyl groups is 1. The van der Waals surface area contributed by atoms with Gasteiger partial charge in [-0.3, -0.25) is 0 Å². The van der Waals surface area contributed by atoms with E-state index in [1.54, 1.807) is 13.2 Å². The molecule has 0 saturated heterocycles. The van der Waals surface area contributed by atoms with Gasteiger partial charge in [-0.05, 0) is 18.6 Å². The number of anilines is 1. The highest BCUT2D eigenvalue weighted by molar-refractivity contribution is 6.34. The molecule has 0 unspecified atom stereocenters. The number of methoxy groups -OCH3 is 1. The molecular weight excluding hydrogens is 268 g/mol. The van der Waals surface area contributed by atoms with Gasteiger partial charge in [-0.25, -0.2) is 4.79 Å². The normalized spacial score (nSPS) is 10.3. The summed E-state index contributed by atoms with van der Waals surface area (Å²) in [6.45, 7) is 2.84. The fourth-order valence-corrected chi connectivity index (χ4v) is 1.75. The van der Waals surface area contributed by atoms with Crippen molar-refractivity contribution in [3.8, 4) is 0 Å². The van der Waals surface area contributed by atoms with E-state index in [0.29, 0.717) is 23.9 Å². The Balaban J connectivity index is 2.72. The number of benzene rings is 1. The standard InChI is InChI=1S/C13H19ClN2O3/c1-10-4-3-5-11(12(10)14)15-13(18)16(6-8-17)7-9-19-2/h3-5,17H,6-9H2,1-2H3,(H,15,18). The Hall–Kier alpha value is -1.30. The Bertz CT molecular complexity index is 426. The zero-order chi connectivity index (χ0) is 14.3. The van der Waals surface area contributed by atoms with Crippen LogP contribution in [0.25, 0.3) is 0 Å². The third kappa shape index (κ3) is 4.70. The highest BCUT2D eigenvalue weighted by atomic mass is 35.5. The second-order valence-electron chi connectivity index (χ2n) is 4.07. The Morgan fingerprint density at radius 3 is 2.84 bits per heavy atom. The van der Waals surface area contributed by atoms with Gasteiger partial charge in [0.1, 0.15) is 0 Å². The summed E-state index contributed by atoms with van der Waals surface area (Å²) in [5.74, 6) is 0. The molecule has 0 heterocycles. The van der Waals surface area contributed by atoms with E-state index in [-0.39, 0.29) is 19.2 Å². The SMILES string of the molecule is COCCN(CCO)C(=O)Nc1cccc(C)c1Cl. The molecular formula is C13H19ClN2O3. The number of carbonyl (C=O) groups excluding carboxylic acids is 1. The molecule has 19 heavy (non-hydrogen) atoms. The lowest BCUT2D eigenvalue weighted by molar-refractivity contribution is 0.142. The average Bonchev–Trinajstić information content (AvgIpc) is 2.39. The van der Waals surface area contributed by atoms with Gasteiger partial charge in [0.05, 0.1) is 23.9 Å². The first-order valence-electron chi connectivity index (χ1n) is 6.01. The van der Waals surface area contributed by atoms with Crippen LogP contribution in [0.1, 0.15) is 5.56 Å². The number of nitrogens with one attached hydrogen (secondary N) is 1. The molecule has 0 spiro atoms. The van der Waals surface area contributed by atoms with Crippen LogP contribution in [-0.4, -0.2) is 49.5 Å². The zero-order valence-electron chi connectivity index (χ0n) is 11.1. The molecule has 0 saturated carbocycles. The van der Waals surface area contributed by atoms with Crippen LogP contribution < -0.4 is 5.32 Å². The number of urea groups is 1. The lowest BCUT2D eigenvalue weighted by atomic mass is 10.2. The Morgan fingerprint density at radius 2 is 2.21 bits per heavy atom. The number of amides is 2. The second kappa shape index (κ2) is 7.99. The quantitative estimate of drug-likeness (QED) is 0.842. The molecule has 0 bridgehead atoms. The summed E-state index contributed by atoms with van der Waals surface area (Å²) in [7, 11) is 1.56. The molecule has 2 N–H and O–H groups in total. The van der Waals surface area contributed by atoms with E-state index in [2.05, 4.69) is 5.32 Å². The number of hydrogen-bond acceptors (Lipinski definition) is 3. The predicted molar refractivity (Wildman–Crippen MR) is 75.7 cm³/mol. The van der Waals surface area contributed by atoms with Crippen LogP contribution >= 0.6 is 11.6 Å². The van der Waals surface area contributed by atoms with E-state index in [1.165, 1.54) is 4.90 Å². The molecule has 0 fully saturated rings. The first kappa shape index (κ1) is 15.8. The smallest absolute Gasteiger partial charge is 0.322 e. The van der Waals surface area contributed by atoms with E-state index in [4.69, 9.17) is 21.4 Å². The largest absolute Gasteiger partial charge is 0.395 e. The summed E-state index contributed by atoms with van der Waals surface area (Å²) in [5.41, 5.74) is 1.46. The van der Waals surface area contributed by atoms with Gasteiger partial charge >= 0.3 is 6.03 Å². The molecule has 0 atom stereocenters. The number of aryl methyl sites for hydroxylation is 1. The number of rotatable bonds is 6. The molecule has 6 heteroatoms. The molecule has 1 rings (SSSR count). The van der Waals surface area contributed by atoms with Gasteiger partial charge in [-0.2, -0.15) is 0 Å². The molecule has 5 nitrogen and oxygen atoms in total. The van der Waals surface area contributed by atoms with Crippen LogP contribution in [0.2, 0.25) is 5.02 Å². The van der Waals surface area contributed by atoms with Crippen molar-refractivity contribution >= 4 is 23.3 Å². The van der Waals surface area contributed by atoms with E-state index in [9.17, 15) is 4.79 Å². The van der Waals surface area contributed by atoms with Gasteiger partial charge in [-0.15, -0.1) is 0 Å². The Kier molecular flexibility index (Phi) is 6.62. The molecule has 0 aliphatic rings. The molecule has 0 radical (unpaired) electrons. The fourth-order valence-electron chi connectivity index (χ4n) is 1.58. The van der Waals surface area contributed by atoms with Gasteiger partial charge in [0.25, 0.3) is 0 Å². The van der Waals surface area contributed by atoms with Crippen molar-refractivity contribution < 1.29 is 14.6 Å². The maximum atomic E-state index is 12.1. The Morgan fingerprint density at radius 1 is 1.47 bits per heavy atom. The van der Waals surface area contributed by atoms with Gasteiger partial charge < -0.3 is 20.1 Å². The number of nitrogens with zero attached hydrogens (tertiary/aromatic N) is 1. The minimum absolute atomic E-state index is 0.0985. The average molecular weight is 287 g/mol. The second-order valence-corrected chi connectivity index (χ2v) is 4.45. The molecule has 1 aromatic rings. The fraction of sp³-hybridized carbons (Fsp3) is 0.462. The third-order valence-electron chi connectivity index (χ3n) is 2.66. The number of hydrogen-bond donors (Lipinski definition) is 2. The van der Waals surface area contributed by atoms with Gasteiger partial charge in [-0.1, -0.05) is 23.7 Å². The van der Waals surface area contributed by atoms with Crippen molar-refractivity contribution in [1.29, 1.82) is 0 Å². The van der Waals surface area contributed by atoms with Crippen molar-refractivity contribution in [2.24, 2.45) is 0 Å². The van der Waals surface area contributed by atoms with Crippen LogP contribution in [0.3, 0.4) is 0 Å². The van der Waals surface area contributed by atoms with Crippen LogP contribution in [0.5, 0.6) is 0 Å². The van der Waals surface area contributed by atoms with Crippen molar-refractivity contribution in [3.05, 3.63) is 28.8 Å². The van der Waals surface area contributed by atoms with Gasteiger partial charge in [0.15, 0.2) is 0 Å². The van der Waals surface area contributed by atoms with E-state index in [0.717, 1.165) is 5.56 Å². The summed E-state index contributed by atoms with van der Waals surface area (Å²) < 4.78 is 4.93. The maximum Gasteiger partial charge on any atom is 0.322 e. The lowest BCUT2D eigenvalue weighted by Gasteiger charge is -2.22. The first-order chi connectivity index (χ1) is 9.10. The first-order valence-corrected chi connectivity index (χ1v) is 6.38. The van der Waals surface area contributed by atoms with Gasteiger partial charge in [0.2, 0.25) is 0 Å². The maximum absolute atomic E-state index is 12.1. The van der Waals surface area contributed by atoms with Crippen molar-refractivity contribution in [2.75, 3.05) is 38.7 Å². The van der Waals surface area contributed by atoms with Gasteiger partial charge in [0, 0.05) is 20.2 Å². The summed E-state index contributed by atoms with van der Waals surface area (Å²) in [4.78, 5) is 13.5. The minimum atomic E-state index is -0.307. The zero-order valence-corrected chi connectivity index (χ0v) is 11.9. The van der Waals surface area contributed by atoms with Crippen LogP contribution in [0, 0.1) is 6.92 Å². The van der Waals surface area contributed by atoms with E-state index >= 15 is 0 Å². The summed E-state index contributed by atoms with van der Waals surface area (Å²) >= 11 is 6.12. The van der Waals surface area contributed by atoms with Crippen molar-refractivity contribution in [3.63, 3.8) is 0 Å². The highest BCUT2D eigenvalue weighted by Gasteiger charge is 2.14. The molecule has 0 aromatic heterocycles. The molecule has 106 valence electrons. The summed E-state index contributed by atoms with van der Waals surface area (Å²) in [6.07, 6.45) is 0. The number of halogens is 1. The van der Waals surface area contributed by atoms with E-state index < -0.39 is 0 Å². The van der Waals surface area contributed by atoms with Crippen LogP contribution in [0.15, 0.2) is 18.2 Å². The van der Waals surface area contributed by atoms with Crippen LogP contribution in [-0.2, 0) is 4.74 Å². The number of carbonyl (C=O) groups is 1. The number of aliphatic hydroxyl groups excluding tert-OH is 1. The monoisotopic (exact) mass is 286 g/mol. The minimum Gasteiger partial charge on any atom is -0.395 e.